The molecule has 0 aromatic heterocycles. The molecule has 0 atom stereocenters. The lowest BCUT2D eigenvalue weighted by Crippen LogP contribution is -2.39. The van der Waals surface area contributed by atoms with Crippen LogP contribution in [-0.4, -0.2) is 48.9 Å². The van der Waals surface area contributed by atoms with E-state index in [9.17, 15) is 4.79 Å². The highest BCUT2D eigenvalue weighted by molar-refractivity contribution is 5.78. The van der Waals surface area contributed by atoms with Crippen LogP contribution in [0.25, 0.3) is 0 Å². The SMILES string of the molecule is CN(CCC#N)CC(=O)N1CCCCCC1. The summed E-state index contributed by atoms with van der Waals surface area (Å²) in [5.74, 6) is 0.210. The molecule has 90 valence electrons. The van der Waals surface area contributed by atoms with Crippen LogP contribution < -0.4 is 0 Å². The molecule has 4 nitrogen and oxygen atoms in total. The van der Waals surface area contributed by atoms with Crippen LogP contribution in [0.1, 0.15) is 32.1 Å². The molecule has 1 aliphatic heterocycles. The monoisotopic (exact) mass is 223 g/mol. The van der Waals surface area contributed by atoms with Crippen LogP contribution in [0.4, 0.5) is 0 Å². The Morgan fingerprint density at radius 3 is 2.50 bits per heavy atom. The highest BCUT2D eigenvalue weighted by Gasteiger charge is 2.16. The van der Waals surface area contributed by atoms with Gasteiger partial charge in [0.25, 0.3) is 0 Å². The Kier molecular flexibility index (Phi) is 5.87. The summed E-state index contributed by atoms with van der Waals surface area (Å²) < 4.78 is 0. The third kappa shape index (κ3) is 4.63. The molecular weight excluding hydrogens is 202 g/mol. The third-order valence-electron chi connectivity index (χ3n) is 2.97. The van der Waals surface area contributed by atoms with Crippen LogP contribution >= 0.6 is 0 Å². The number of nitriles is 1. The maximum Gasteiger partial charge on any atom is 0.236 e. The molecule has 1 amide bonds. The second-order valence-corrected chi connectivity index (χ2v) is 4.44. The predicted molar refractivity (Wildman–Crippen MR) is 62.8 cm³/mol. The van der Waals surface area contributed by atoms with E-state index in [1.165, 1.54) is 12.8 Å². The molecule has 0 saturated carbocycles. The van der Waals surface area contributed by atoms with Crippen LogP contribution in [0, 0.1) is 11.3 Å². The van der Waals surface area contributed by atoms with Crippen molar-refractivity contribution in [2.45, 2.75) is 32.1 Å². The molecule has 0 aliphatic carbocycles. The fourth-order valence-electron chi connectivity index (χ4n) is 1.97. The molecule has 0 bridgehead atoms. The van der Waals surface area contributed by atoms with Crippen LogP contribution in [0.5, 0.6) is 0 Å². The molecule has 0 unspecified atom stereocenters. The lowest BCUT2D eigenvalue weighted by Gasteiger charge is -2.23. The number of carbonyl (C=O) groups is 1. The summed E-state index contributed by atoms with van der Waals surface area (Å²) in [4.78, 5) is 15.8. The van der Waals surface area contributed by atoms with Gasteiger partial charge in [0.2, 0.25) is 5.91 Å². The van der Waals surface area contributed by atoms with Gasteiger partial charge in [-0.1, -0.05) is 12.8 Å². The second-order valence-electron chi connectivity index (χ2n) is 4.44. The summed E-state index contributed by atoms with van der Waals surface area (Å²) in [6.45, 7) is 2.94. The summed E-state index contributed by atoms with van der Waals surface area (Å²) in [5, 5.41) is 8.46. The van der Waals surface area contributed by atoms with Gasteiger partial charge in [0.05, 0.1) is 12.6 Å². The van der Waals surface area contributed by atoms with Gasteiger partial charge in [-0.25, -0.2) is 0 Å². The molecule has 4 heteroatoms. The Balaban J connectivity index is 2.29. The van der Waals surface area contributed by atoms with Crippen LogP contribution in [0.3, 0.4) is 0 Å². The predicted octanol–water partition coefficient (Wildman–Crippen LogP) is 1.23. The van der Waals surface area contributed by atoms with E-state index in [0.29, 0.717) is 19.5 Å². The normalized spacial score (nSPS) is 16.9. The molecule has 0 radical (unpaired) electrons. The van der Waals surface area contributed by atoms with Gasteiger partial charge in [0.1, 0.15) is 0 Å². The van der Waals surface area contributed by atoms with E-state index in [4.69, 9.17) is 5.26 Å². The molecule has 1 aliphatic rings. The Morgan fingerprint density at radius 1 is 1.31 bits per heavy atom. The number of amides is 1. The van der Waals surface area contributed by atoms with E-state index in [-0.39, 0.29) is 5.91 Å². The summed E-state index contributed by atoms with van der Waals surface area (Å²) in [7, 11) is 1.90. The minimum atomic E-state index is 0.210. The van der Waals surface area contributed by atoms with Crippen molar-refractivity contribution in [3.8, 4) is 6.07 Å². The standard InChI is InChI=1S/C12H21N3O/c1-14(8-6-7-13)11-12(16)15-9-4-2-3-5-10-15/h2-6,8-11H2,1H3. The van der Waals surface area contributed by atoms with Gasteiger partial charge in [-0.3, -0.25) is 9.69 Å². The highest BCUT2D eigenvalue weighted by atomic mass is 16.2. The molecule has 16 heavy (non-hydrogen) atoms. The lowest BCUT2D eigenvalue weighted by atomic mass is 10.2. The van der Waals surface area contributed by atoms with Gasteiger partial charge in [-0.05, 0) is 19.9 Å². The maximum absolute atomic E-state index is 11.9. The molecule has 0 aromatic carbocycles. The van der Waals surface area contributed by atoms with Gasteiger partial charge in [0, 0.05) is 26.1 Å². The van der Waals surface area contributed by atoms with Gasteiger partial charge in [-0.2, -0.15) is 5.26 Å². The second kappa shape index (κ2) is 7.24. The Hall–Kier alpha value is -1.08. The maximum atomic E-state index is 11.9. The van der Waals surface area contributed by atoms with E-state index in [1.807, 2.05) is 16.8 Å². The molecule has 1 fully saturated rings. The van der Waals surface area contributed by atoms with E-state index >= 15 is 0 Å². The van der Waals surface area contributed by atoms with E-state index in [2.05, 4.69) is 6.07 Å². The van der Waals surface area contributed by atoms with Crippen molar-refractivity contribution in [1.29, 1.82) is 5.26 Å². The van der Waals surface area contributed by atoms with Gasteiger partial charge >= 0.3 is 0 Å². The van der Waals surface area contributed by atoms with Gasteiger partial charge in [-0.15, -0.1) is 0 Å². The molecule has 0 N–H and O–H groups in total. The first kappa shape index (κ1) is 13.0. The average molecular weight is 223 g/mol. The zero-order valence-corrected chi connectivity index (χ0v) is 10.1. The summed E-state index contributed by atoms with van der Waals surface area (Å²) >= 11 is 0. The smallest absolute Gasteiger partial charge is 0.236 e. The minimum absolute atomic E-state index is 0.210. The summed E-state index contributed by atoms with van der Waals surface area (Å²) in [5.41, 5.74) is 0. The summed E-state index contributed by atoms with van der Waals surface area (Å²) in [6.07, 6.45) is 5.24. The Morgan fingerprint density at radius 2 is 1.94 bits per heavy atom. The zero-order chi connectivity index (χ0) is 11.8. The van der Waals surface area contributed by atoms with Gasteiger partial charge < -0.3 is 4.90 Å². The first-order valence-corrected chi connectivity index (χ1v) is 6.07. The summed E-state index contributed by atoms with van der Waals surface area (Å²) in [6, 6.07) is 2.09. The lowest BCUT2D eigenvalue weighted by molar-refractivity contribution is -0.132. The third-order valence-corrected chi connectivity index (χ3v) is 2.97. The zero-order valence-electron chi connectivity index (χ0n) is 10.1. The average Bonchev–Trinajstić information content (AvgIpc) is 2.54. The molecule has 1 saturated heterocycles. The van der Waals surface area contributed by atoms with Crippen molar-refractivity contribution < 1.29 is 4.79 Å². The molecular formula is C12H21N3O. The first-order valence-electron chi connectivity index (χ1n) is 6.07. The van der Waals surface area contributed by atoms with Crippen molar-refractivity contribution in [2.75, 3.05) is 33.2 Å². The molecule has 1 rings (SSSR count). The van der Waals surface area contributed by atoms with Crippen molar-refractivity contribution >= 4 is 5.91 Å². The highest BCUT2D eigenvalue weighted by Crippen LogP contribution is 2.09. The number of carbonyl (C=O) groups excluding carboxylic acids is 1. The van der Waals surface area contributed by atoms with Crippen LogP contribution in [-0.2, 0) is 4.79 Å². The number of rotatable bonds is 4. The van der Waals surface area contributed by atoms with Crippen molar-refractivity contribution in [3.63, 3.8) is 0 Å². The van der Waals surface area contributed by atoms with Crippen molar-refractivity contribution in [1.82, 2.24) is 9.80 Å². The minimum Gasteiger partial charge on any atom is -0.342 e. The number of nitrogens with zero attached hydrogens (tertiary/aromatic N) is 3. The van der Waals surface area contributed by atoms with Crippen LogP contribution in [0.2, 0.25) is 0 Å². The number of likely N-dealkylation sites (tertiary alicyclic amines) is 1. The van der Waals surface area contributed by atoms with Gasteiger partial charge in [0.15, 0.2) is 0 Å². The van der Waals surface area contributed by atoms with Crippen molar-refractivity contribution in [2.24, 2.45) is 0 Å². The van der Waals surface area contributed by atoms with E-state index < -0.39 is 0 Å². The number of likely N-dealkylation sites (N-methyl/N-ethyl adjacent to an activating group) is 1. The largest absolute Gasteiger partial charge is 0.342 e. The fourth-order valence-corrected chi connectivity index (χ4v) is 1.97. The molecule has 1 heterocycles. The topological polar surface area (TPSA) is 47.3 Å². The fraction of sp³-hybridized carbons (Fsp3) is 0.833. The Bertz CT molecular complexity index is 251. The van der Waals surface area contributed by atoms with Crippen molar-refractivity contribution in [3.05, 3.63) is 0 Å². The Labute approximate surface area is 97.8 Å². The molecule has 0 spiro atoms. The number of hydrogen-bond acceptors (Lipinski definition) is 3. The first-order chi connectivity index (χ1) is 7.74. The number of hydrogen-bond donors (Lipinski definition) is 0. The van der Waals surface area contributed by atoms with E-state index in [0.717, 1.165) is 25.9 Å². The van der Waals surface area contributed by atoms with E-state index in [1.54, 1.807) is 0 Å². The molecule has 0 aromatic rings. The quantitative estimate of drug-likeness (QED) is 0.720. The van der Waals surface area contributed by atoms with Crippen LogP contribution in [0.15, 0.2) is 0 Å².